The molecule has 0 aromatic heterocycles. The molecule has 1 rings (SSSR count). The van der Waals surface area contributed by atoms with E-state index in [1.807, 2.05) is 0 Å². The molecule has 2 atom stereocenters. The Balaban J connectivity index is 2.24. The minimum absolute atomic E-state index is 0.431. The van der Waals surface area contributed by atoms with Crippen LogP contribution >= 0.6 is 0 Å². The number of methoxy groups -OCH3 is 1. The summed E-state index contributed by atoms with van der Waals surface area (Å²) in [6.45, 7) is 4.44. The van der Waals surface area contributed by atoms with Crippen molar-refractivity contribution in [2.45, 2.75) is 19.4 Å². The molecule has 0 spiro atoms. The van der Waals surface area contributed by atoms with Crippen LogP contribution in [0.4, 0.5) is 0 Å². The Morgan fingerprint density at radius 1 is 1.67 bits per heavy atom. The second-order valence-electron chi connectivity index (χ2n) is 2.69. The van der Waals surface area contributed by atoms with E-state index in [4.69, 9.17) is 4.74 Å². The first-order valence-corrected chi connectivity index (χ1v) is 3.58. The highest BCUT2D eigenvalue weighted by atomic mass is 16.5. The van der Waals surface area contributed by atoms with Gasteiger partial charge in [-0.3, -0.25) is 0 Å². The zero-order chi connectivity index (χ0) is 6.69. The van der Waals surface area contributed by atoms with E-state index in [-0.39, 0.29) is 0 Å². The van der Waals surface area contributed by atoms with Crippen molar-refractivity contribution in [2.24, 2.45) is 5.92 Å². The van der Waals surface area contributed by atoms with Crippen LogP contribution in [-0.4, -0.2) is 26.3 Å². The minimum atomic E-state index is 0.431. The molecule has 1 heterocycles. The van der Waals surface area contributed by atoms with Gasteiger partial charge in [-0.05, 0) is 25.8 Å². The van der Waals surface area contributed by atoms with Crippen LogP contribution in [0.2, 0.25) is 0 Å². The molecule has 0 aliphatic carbocycles. The monoisotopic (exact) mass is 129 g/mol. The van der Waals surface area contributed by atoms with Crippen molar-refractivity contribution in [3.63, 3.8) is 0 Å². The molecule has 0 saturated carbocycles. The van der Waals surface area contributed by atoms with E-state index in [0.717, 1.165) is 12.5 Å². The van der Waals surface area contributed by atoms with Gasteiger partial charge in [-0.25, -0.2) is 0 Å². The summed E-state index contributed by atoms with van der Waals surface area (Å²) in [5, 5.41) is 3.31. The van der Waals surface area contributed by atoms with Crippen molar-refractivity contribution >= 4 is 0 Å². The summed E-state index contributed by atoms with van der Waals surface area (Å²) in [4.78, 5) is 0. The number of hydrogen-bond donors (Lipinski definition) is 1. The summed E-state index contributed by atoms with van der Waals surface area (Å²) in [7, 11) is 1.78. The third-order valence-electron chi connectivity index (χ3n) is 2.13. The normalized spacial score (nSPS) is 30.7. The fourth-order valence-electron chi connectivity index (χ4n) is 1.27. The molecule has 1 fully saturated rings. The molecular weight excluding hydrogens is 114 g/mol. The third-order valence-corrected chi connectivity index (χ3v) is 2.13. The molecule has 0 radical (unpaired) electrons. The van der Waals surface area contributed by atoms with Crippen molar-refractivity contribution in [3.8, 4) is 0 Å². The molecular formula is C7H15NO. The van der Waals surface area contributed by atoms with Crippen molar-refractivity contribution in [3.05, 3.63) is 0 Å². The van der Waals surface area contributed by atoms with Crippen molar-refractivity contribution < 1.29 is 4.74 Å². The zero-order valence-electron chi connectivity index (χ0n) is 6.18. The second-order valence-corrected chi connectivity index (χ2v) is 2.69. The summed E-state index contributed by atoms with van der Waals surface area (Å²) in [5.74, 6) is 0.745. The topological polar surface area (TPSA) is 21.3 Å². The number of ether oxygens (including phenoxy) is 1. The summed E-state index contributed by atoms with van der Waals surface area (Å²) in [6, 6.07) is 0. The minimum Gasteiger partial charge on any atom is -0.381 e. The Morgan fingerprint density at radius 2 is 2.44 bits per heavy atom. The fraction of sp³-hybridized carbons (Fsp3) is 1.00. The first kappa shape index (κ1) is 7.03. The summed E-state index contributed by atoms with van der Waals surface area (Å²) in [6.07, 6.45) is 1.70. The maximum absolute atomic E-state index is 5.19. The fourth-order valence-corrected chi connectivity index (χ4v) is 1.27. The highest BCUT2D eigenvalue weighted by molar-refractivity contribution is 4.75. The van der Waals surface area contributed by atoms with Gasteiger partial charge in [0.05, 0.1) is 6.10 Å². The lowest BCUT2D eigenvalue weighted by molar-refractivity contribution is 0.0742. The first-order chi connectivity index (χ1) is 4.34. The Kier molecular flexibility index (Phi) is 2.49. The van der Waals surface area contributed by atoms with Crippen LogP contribution in [0.1, 0.15) is 13.3 Å². The van der Waals surface area contributed by atoms with E-state index in [1.165, 1.54) is 13.0 Å². The van der Waals surface area contributed by atoms with Crippen LogP contribution in [0.5, 0.6) is 0 Å². The predicted molar refractivity (Wildman–Crippen MR) is 37.4 cm³/mol. The van der Waals surface area contributed by atoms with E-state index in [9.17, 15) is 0 Å². The Morgan fingerprint density at radius 3 is 2.89 bits per heavy atom. The smallest absolute Gasteiger partial charge is 0.0583 e. The molecule has 2 heteroatoms. The van der Waals surface area contributed by atoms with Gasteiger partial charge < -0.3 is 10.1 Å². The quantitative estimate of drug-likeness (QED) is 0.590. The standard InChI is InChI=1S/C7H15NO/c1-6(9-2)7-3-4-8-5-7/h6-8H,3-5H2,1-2H3/t6-,7+/m0/s1. The van der Waals surface area contributed by atoms with Crippen LogP contribution in [-0.2, 0) is 4.74 Å². The number of hydrogen-bond acceptors (Lipinski definition) is 2. The van der Waals surface area contributed by atoms with Gasteiger partial charge >= 0.3 is 0 Å². The lowest BCUT2D eigenvalue weighted by Gasteiger charge is -2.15. The Hall–Kier alpha value is -0.0800. The van der Waals surface area contributed by atoms with Crippen LogP contribution in [0.25, 0.3) is 0 Å². The number of rotatable bonds is 2. The van der Waals surface area contributed by atoms with Crippen molar-refractivity contribution in [2.75, 3.05) is 20.2 Å². The highest BCUT2D eigenvalue weighted by Gasteiger charge is 2.20. The maximum atomic E-state index is 5.19. The van der Waals surface area contributed by atoms with Crippen LogP contribution in [0.15, 0.2) is 0 Å². The van der Waals surface area contributed by atoms with Crippen molar-refractivity contribution in [1.29, 1.82) is 0 Å². The molecule has 9 heavy (non-hydrogen) atoms. The van der Waals surface area contributed by atoms with E-state index in [1.54, 1.807) is 7.11 Å². The Bertz CT molecular complexity index is 79.0. The first-order valence-electron chi connectivity index (χ1n) is 3.58. The summed E-state index contributed by atoms with van der Waals surface area (Å²) < 4.78 is 5.19. The van der Waals surface area contributed by atoms with Gasteiger partial charge in [0.25, 0.3) is 0 Å². The largest absolute Gasteiger partial charge is 0.381 e. The molecule has 0 amide bonds. The highest BCUT2D eigenvalue weighted by Crippen LogP contribution is 2.13. The molecule has 2 nitrogen and oxygen atoms in total. The average Bonchev–Trinajstić information content (AvgIpc) is 2.37. The molecule has 0 aromatic carbocycles. The predicted octanol–water partition coefficient (Wildman–Crippen LogP) is 0.631. The van der Waals surface area contributed by atoms with E-state index in [0.29, 0.717) is 6.10 Å². The molecule has 0 aromatic rings. The van der Waals surface area contributed by atoms with Crippen LogP contribution in [0.3, 0.4) is 0 Å². The average molecular weight is 129 g/mol. The van der Waals surface area contributed by atoms with Gasteiger partial charge in [0.2, 0.25) is 0 Å². The van der Waals surface area contributed by atoms with Gasteiger partial charge in [0, 0.05) is 13.7 Å². The molecule has 1 aliphatic heterocycles. The van der Waals surface area contributed by atoms with Gasteiger partial charge in [-0.2, -0.15) is 0 Å². The van der Waals surface area contributed by atoms with Crippen LogP contribution < -0.4 is 5.32 Å². The maximum Gasteiger partial charge on any atom is 0.0583 e. The molecule has 1 saturated heterocycles. The van der Waals surface area contributed by atoms with E-state index in [2.05, 4.69) is 12.2 Å². The molecule has 0 unspecified atom stereocenters. The van der Waals surface area contributed by atoms with Gasteiger partial charge in [0.15, 0.2) is 0 Å². The lowest BCUT2D eigenvalue weighted by atomic mass is 10.0. The van der Waals surface area contributed by atoms with E-state index >= 15 is 0 Å². The Labute approximate surface area is 56.6 Å². The van der Waals surface area contributed by atoms with Gasteiger partial charge in [0.1, 0.15) is 0 Å². The lowest BCUT2D eigenvalue weighted by Crippen LogP contribution is -2.21. The second kappa shape index (κ2) is 3.18. The molecule has 1 N–H and O–H groups in total. The zero-order valence-corrected chi connectivity index (χ0v) is 6.18. The SMILES string of the molecule is CO[C@@H](C)[C@@H]1CCNC1. The third kappa shape index (κ3) is 1.66. The molecule has 0 bridgehead atoms. The number of nitrogens with one attached hydrogen (secondary N) is 1. The summed E-state index contributed by atoms with van der Waals surface area (Å²) >= 11 is 0. The van der Waals surface area contributed by atoms with Crippen molar-refractivity contribution in [1.82, 2.24) is 5.32 Å². The summed E-state index contributed by atoms with van der Waals surface area (Å²) in [5.41, 5.74) is 0. The van der Waals surface area contributed by atoms with Gasteiger partial charge in [-0.1, -0.05) is 0 Å². The van der Waals surface area contributed by atoms with E-state index < -0.39 is 0 Å². The van der Waals surface area contributed by atoms with Gasteiger partial charge in [-0.15, -0.1) is 0 Å². The molecule has 54 valence electrons. The molecule has 1 aliphatic rings. The van der Waals surface area contributed by atoms with Crippen LogP contribution in [0, 0.1) is 5.92 Å².